The second kappa shape index (κ2) is 11.9. The van der Waals surface area contributed by atoms with Crippen molar-refractivity contribution in [3.8, 4) is 45.0 Å². The van der Waals surface area contributed by atoms with Gasteiger partial charge in [0.1, 0.15) is 22.2 Å². The lowest BCUT2D eigenvalue weighted by atomic mass is 9.99. The number of hydrogen-bond donors (Lipinski definition) is 0. The van der Waals surface area contributed by atoms with Crippen molar-refractivity contribution in [3.63, 3.8) is 0 Å². The molecule has 1 aliphatic rings. The maximum atomic E-state index is 6.45. The van der Waals surface area contributed by atoms with Crippen LogP contribution in [0, 0.1) is 0 Å². The molecule has 0 atom stereocenters. The first-order valence-electron chi connectivity index (χ1n) is 17.1. The molecule has 0 saturated carbocycles. The molecule has 3 aromatic heterocycles. The molecule has 0 saturated heterocycles. The lowest BCUT2D eigenvalue weighted by Gasteiger charge is -2.11. The monoisotopic (exact) mass is 655 g/mol. The normalized spacial score (nSPS) is 12.7. The summed E-state index contributed by atoms with van der Waals surface area (Å²) in [5.41, 5.74) is 10.5. The zero-order chi connectivity index (χ0) is 33.7. The van der Waals surface area contributed by atoms with Crippen LogP contribution < -0.4 is 10.6 Å². The van der Waals surface area contributed by atoms with Gasteiger partial charge in [-0.25, -0.2) is 15.0 Å². The summed E-state index contributed by atoms with van der Waals surface area (Å²) in [5, 5.41) is 4.17. The first-order valence-corrected chi connectivity index (χ1v) is 17.1. The van der Waals surface area contributed by atoms with Gasteiger partial charge in [-0.05, 0) is 65.1 Å². The molecule has 6 aromatic carbocycles. The van der Waals surface area contributed by atoms with Crippen LogP contribution in [-0.4, -0.2) is 15.0 Å². The van der Waals surface area contributed by atoms with Crippen molar-refractivity contribution in [2.45, 2.75) is 6.42 Å². The maximum absolute atomic E-state index is 6.45. The maximum Gasteiger partial charge on any atom is 0.167 e. The smallest absolute Gasteiger partial charge is 0.167 e. The van der Waals surface area contributed by atoms with Gasteiger partial charge in [0.25, 0.3) is 0 Å². The SMILES string of the molecule is C1=C(c2nc(-c3cccc(-c4ccc(-c5ccccc5)cc4)c3)nc(-c3cccc4c3oc3ccccc34)n2)C=c2c(oc3ccccc23)=CC1. The van der Waals surface area contributed by atoms with E-state index >= 15 is 0 Å². The van der Waals surface area contributed by atoms with Gasteiger partial charge in [-0.3, -0.25) is 0 Å². The quantitative estimate of drug-likeness (QED) is 0.185. The summed E-state index contributed by atoms with van der Waals surface area (Å²) < 4.78 is 12.7. The highest BCUT2D eigenvalue weighted by atomic mass is 16.3. The number of para-hydroxylation sites is 3. The standard InChI is InChI=1S/C46H29N3O2/c1-2-11-29(12-3-1)30-23-25-31(26-24-30)32-13-8-14-33(27-32)44-47-45(34-15-9-22-42-39(28-34)36-17-5-6-20-40(36)50-42)49-46(48-44)38-19-10-18-37-35-16-4-7-21-41(35)51-43(37)38/h1-8,10-28H,9H2. The first kappa shape index (κ1) is 29.1. The summed E-state index contributed by atoms with van der Waals surface area (Å²) in [6.07, 6.45) is 7.09. The van der Waals surface area contributed by atoms with Gasteiger partial charge < -0.3 is 8.83 Å². The van der Waals surface area contributed by atoms with Crippen LogP contribution in [0.5, 0.6) is 0 Å². The Morgan fingerprint density at radius 2 is 1.04 bits per heavy atom. The van der Waals surface area contributed by atoms with Gasteiger partial charge in [0, 0.05) is 32.5 Å². The Balaban J connectivity index is 1.14. The summed E-state index contributed by atoms with van der Waals surface area (Å²) in [4.78, 5) is 15.4. The predicted molar refractivity (Wildman–Crippen MR) is 206 cm³/mol. The fourth-order valence-corrected chi connectivity index (χ4v) is 7.05. The molecule has 0 radical (unpaired) electrons. The number of rotatable bonds is 5. The molecule has 1 aliphatic carbocycles. The molecule has 0 bridgehead atoms. The predicted octanol–water partition coefficient (Wildman–Crippen LogP) is 10.2. The summed E-state index contributed by atoms with van der Waals surface area (Å²) >= 11 is 0. The van der Waals surface area contributed by atoms with Crippen LogP contribution in [0.1, 0.15) is 12.2 Å². The first-order chi connectivity index (χ1) is 25.2. The third-order valence-electron chi connectivity index (χ3n) is 9.59. The molecular weight excluding hydrogens is 627 g/mol. The number of furan rings is 2. The van der Waals surface area contributed by atoms with Crippen LogP contribution in [0.4, 0.5) is 0 Å². The van der Waals surface area contributed by atoms with Gasteiger partial charge in [-0.15, -0.1) is 0 Å². The largest absolute Gasteiger partial charge is 0.456 e. The van der Waals surface area contributed by atoms with Crippen molar-refractivity contribution in [2.24, 2.45) is 0 Å². The van der Waals surface area contributed by atoms with E-state index in [0.717, 1.165) is 71.4 Å². The van der Waals surface area contributed by atoms with E-state index < -0.39 is 0 Å². The van der Waals surface area contributed by atoms with Crippen LogP contribution in [-0.2, 0) is 0 Å². The van der Waals surface area contributed by atoms with Gasteiger partial charge >= 0.3 is 0 Å². The Bertz CT molecular complexity index is 2940. The fourth-order valence-electron chi connectivity index (χ4n) is 7.05. The molecule has 51 heavy (non-hydrogen) atoms. The number of nitrogens with zero attached hydrogens (tertiary/aromatic N) is 3. The van der Waals surface area contributed by atoms with E-state index in [1.54, 1.807) is 0 Å². The lowest BCUT2D eigenvalue weighted by Crippen LogP contribution is -2.19. The van der Waals surface area contributed by atoms with E-state index in [9.17, 15) is 0 Å². The molecule has 0 fully saturated rings. The van der Waals surface area contributed by atoms with Gasteiger partial charge in [0.05, 0.1) is 5.56 Å². The average Bonchev–Trinajstić information content (AvgIpc) is 3.68. The second-order valence-corrected chi connectivity index (χ2v) is 12.7. The third-order valence-corrected chi connectivity index (χ3v) is 9.59. The van der Waals surface area contributed by atoms with Gasteiger partial charge in [-0.1, -0.05) is 127 Å². The van der Waals surface area contributed by atoms with Crippen molar-refractivity contribution >= 4 is 50.6 Å². The van der Waals surface area contributed by atoms with E-state index in [1.807, 2.05) is 54.6 Å². The summed E-state index contributed by atoms with van der Waals surface area (Å²) in [5.74, 6) is 1.73. The molecule has 5 nitrogen and oxygen atoms in total. The lowest BCUT2D eigenvalue weighted by molar-refractivity contribution is 0.574. The molecule has 9 aromatic rings. The highest BCUT2D eigenvalue weighted by molar-refractivity contribution is 6.09. The highest BCUT2D eigenvalue weighted by Crippen LogP contribution is 2.36. The summed E-state index contributed by atoms with van der Waals surface area (Å²) in [6.45, 7) is 0. The van der Waals surface area contributed by atoms with Crippen molar-refractivity contribution < 1.29 is 8.83 Å². The Hall–Kier alpha value is -6.85. The Morgan fingerprint density at radius 3 is 1.88 bits per heavy atom. The molecule has 5 heteroatoms. The number of benzene rings is 6. The second-order valence-electron chi connectivity index (χ2n) is 12.7. The zero-order valence-electron chi connectivity index (χ0n) is 27.5. The molecule has 0 N–H and O–H groups in total. The topological polar surface area (TPSA) is 65.0 Å². The van der Waals surface area contributed by atoms with Gasteiger partial charge in [0.2, 0.25) is 0 Å². The van der Waals surface area contributed by atoms with Crippen molar-refractivity contribution in [1.82, 2.24) is 15.0 Å². The molecule has 10 rings (SSSR count). The molecular formula is C46H29N3O2. The zero-order valence-corrected chi connectivity index (χ0v) is 27.5. The van der Waals surface area contributed by atoms with E-state index in [-0.39, 0.29) is 0 Å². The molecule has 0 amide bonds. The van der Waals surface area contributed by atoms with E-state index in [4.69, 9.17) is 23.8 Å². The van der Waals surface area contributed by atoms with Crippen LogP contribution in [0.2, 0.25) is 0 Å². The highest BCUT2D eigenvalue weighted by Gasteiger charge is 2.19. The number of hydrogen-bond acceptors (Lipinski definition) is 5. The third kappa shape index (κ3) is 5.15. The number of fused-ring (bicyclic) bond motifs is 6. The van der Waals surface area contributed by atoms with Crippen molar-refractivity contribution in [1.29, 1.82) is 0 Å². The van der Waals surface area contributed by atoms with Crippen molar-refractivity contribution in [2.75, 3.05) is 0 Å². The fraction of sp³-hybridized carbons (Fsp3) is 0.0217. The minimum Gasteiger partial charge on any atom is -0.456 e. The average molecular weight is 656 g/mol. The van der Waals surface area contributed by atoms with Crippen molar-refractivity contribution in [3.05, 3.63) is 168 Å². The molecule has 0 unspecified atom stereocenters. The van der Waals surface area contributed by atoms with Crippen LogP contribution in [0.25, 0.3) is 95.7 Å². The van der Waals surface area contributed by atoms with Gasteiger partial charge in [0.15, 0.2) is 17.5 Å². The van der Waals surface area contributed by atoms with Crippen LogP contribution in [0.15, 0.2) is 161 Å². The Kier molecular flexibility index (Phi) is 6.81. The van der Waals surface area contributed by atoms with Crippen LogP contribution in [0.3, 0.4) is 0 Å². The Labute approximate surface area is 293 Å². The molecule has 240 valence electrons. The Morgan fingerprint density at radius 1 is 0.431 bits per heavy atom. The minimum absolute atomic E-state index is 0.553. The molecule has 3 heterocycles. The van der Waals surface area contributed by atoms with Gasteiger partial charge in [-0.2, -0.15) is 0 Å². The molecule has 0 aliphatic heterocycles. The van der Waals surface area contributed by atoms with E-state index in [2.05, 4.69) is 109 Å². The molecule has 0 spiro atoms. The summed E-state index contributed by atoms with van der Waals surface area (Å²) in [7, 11) is 0. The minimum atomic E-state index is 0.553. The van der Waals surface area contributed by atoms with E-state index in [1.165, 1.54) is 11.1 Å². The number of allylic oxidation sites excluding steroid dienone is 2. The van der Waals surface area contributed by atoms with E-state index in [0.29, 0.717) is 23.9 Å². The van der Waals surface area contributed by atoms with Crippen LogP contribution >= 0.6 is 0 Å². The summed E-state index contributed by atoms with van der Waals surface area (Å²) in [6, 6.07) is 49.9. The number of aromatic nitrogens is 3.